The lowest BCUT2D eigenvalue weighted by Gasteiger charge is -2.13. The molecule has 3 aromatic carbocycles. The quantitative estimate of drug-likeness (QED) is 0.508. The van der Waals surface area contributed by atoms with Crippen molar-refractivity contribution in [3.05, 3.63) is 89.0 Å². The van der Waals surface area contributed by atoms with Crippen LogP contribution in [0.4, 0.5) is 11.4 Å². The highest BCUT2D eigenvalue weighted by Crippen LogP contribution is 2.21. The number of nitrogens with one attached hydrogen (secondary N) is 3. The standard InChI is InChI=1S/C24H25N3O4S/c1-16-13-17(2)23(18(3)14-16)26-22(28)15-25-24(29)19-9-11-20(12-10-19)27-32(30,31)21-7-5-4-6-8-21/h4-14,27H,15H2,1-3H3,(H,25,29)(H,26,28). The Morgan fingerprint density at radius 1 is 0.844 bits per heavy atom. The first-order chi connectivity index (χ1) is 15.2. The molecule has 0 bridgehead atoms. The Hall–Kier alpha value is -3.65. The number of anilines is 2. The number of carbonyl (C=O) groups excluding carboxylic acids is 2. The van der Waals surface area contributed by atoms with Crippen LogP contribution < -0.4 is 15.4 Å². The van der Waals surface area contributed by atoms with Gasteiger partial charge in [0.2, 0.25) is 5.91 Å². The molecule has 0 saturated heterocycles. The van der Waals surface area contributed by atoms with Crippen LogP contribution >= 0.6 is 0 Å². The highest BCUT2D eigenvalue weighted by atomic mass is 32.2. The van der Waals surface area contributed by atoms with E-state index in [9.17, 15) is 18.0 Å². The first kappa shape index (κ1) is 23.0. The molecule has 3 N–H and O–H groups in total. The van der Waals surface area contributed by atoms with E-state index >= 15 is 0 Å². The third-order valence-corrected chi connectivity index (χ3v) is 6.20. The highest BCUT2D eigenvalue weighted by molar-refractivity contribution is 7.92. The number of hydrogen-bond donors (Lipinski definition) is 3. The van der Waals surface area contributed by atoms with Crippen molar-refractivity contribution in [2.45, 2.75) is 25.7 Å². The molecule has 0 aliphatic rings. The lowest BCUT2D eigenvalue weighted by molar-refractivity contribution is -0.115. The molecule has 3 aromatic rings. The van der Waals surface area contributed by atoms with Crippen LogP contribution in [-0.2, 0) is 14.8 Å². The zero-order valence-electron chi connectivity index (χ0n) is 18.1. The third-order valence-electron chi connectivity index (χ3n) is 4.80. The summed E-state index contributed by atoms with van der Waals surface area (Å²) >= 11 is 0. The van der Waals surface area contributed by atoms with E-state index in [2.05, 4.69) is 15.4 Å². The zero-order chi connectivity index (χ0) is 23.3. The van der Waals surface area contributed by atoms with Gasteiger partial charge in [0.15, 0.2) is 0 Å². The van der Waals surface area contributed by atoms with Gasteiger partial charge in [0.05, 0.1) is 11.4 Å². The molecule has 0 aromatic heterocycles. The van der Waals surface area contributed by atoms with E-state index in [1.807, 2.05) is 32.9 Å². The number of hydrogen-bond acceptors (Lipinski definition) is 4. The van der Waals surface area contributed by atoms with Gasteiger partial charge in [-0.2, -0.15) is 0 Å². The molecule has 166 valence electrons. The lowest BCUT2D eigenvalue weighted by atomic mass is 10.1. The normalized spacial score (nSPS) is 11.0. The third kappa shape index (κ3) is 5.73. The number of amides is 2. The second kappa shape index (κ2) is 9.65. The fraction of sp³-hybridized carbons (Fsp3) is 0.167. The maximum absolute atomic E-state index is 12.4. The Morgan fingerprint density at radius 2 is 1.44 bits per heavy atom. The smallest absolute Gasteiger partial charge is 0.261 e. The van der Waals surface area contributed by atoms with Crippen LogP contribution in [0.5, 0.6) is 0 Å². The predicted molar refractivity (Wildman–Crippen MR) is 125 cm³/mol. The van der Waals surface area contributed by atoms with E-state index in [0.29, 0.717) is 11.3 Å². The SMILES string of the molecule is Cc1cc(C)c(NC(=O)CNC(=O)c2ccc(NS(=O)(=O)c3ccccc3)cc2)c(C)c1. The summed E-state index contributed by atoms with van der Waals surface area (Å²) in [6.07, 6.45) is 0. The van der Waals surface area contributed by atoms with Gasteiger partial charge in [0, 0.05) is 16.9 Å². The van der Waals surface area contributed by atoms with E-state index in [-0.39, 0.29) is 17.3 Å². The Kier molecular flexibility index (Phi) is 6.95. The van der Waals surface area contributed by atoms with Crippen LogP contribution in [0, 0.1) is 20.8 Å². The first-order valence-electron chi connectivity index (χ1n) is 9.99. The topological polar surface area (TPSA) is 104 Å². The monoisotopic (exact) mass is 451 g/mol. The minimum Gasteiger partial charge on any atom is -0.343 e. The summed E-state index contributed by atoms with van der Waals surface area (Å²) in [5.74, 6) is -0.768. The average molecular weight is 452 g/mol. The van der Waals surface area contributed by atoms with Crippen LogP contribution in [0.25, 0.3) is 0 Å². The van der Waals surface area contributed by atoms with Crippen molar-refractivity contribution in [2.75, 3.05) is 16.6 Å². The first-order valence-corrected chi connectivity index (χ1v) is 11.5. The van der Waals surface area contributed by atoms with E-state index in [4.69, 9.17) is 0 Å². The van der Waals surface area contributed by atoms with E-state index in [1.54, 1.807) is 18.2 Å². The maximum atomic E-state index is 12.4. The number of aryl methyl sites for hydroxylation is 3. The van der Waals surface area contributed by atoms with Crippen molar-refractivity contribution in [1.29, 1.82) is 0 Å². The van der Waals surface area contributed by atoms with Crippen LogP contribution in [0.3, 0.4) is 0 Å². The molecule has 0 atom stereocenters. The summed E-state index contributed by atoms with van der Waals surface area (Å²) in [5, 5.41) is 5.41. The molecule has 0 saturated carbocycles. The van der Waals surface area contributed by atoms with Crippen molar-refractivity contribution in [3.63, 3.8) is 0 Å². The van der Waals surface area contributed by atoms with E-state index < -0.39 is 15.9 Å². The molecule has 8 heteroatoms. The Balaban J connectivity index is 1.58. The summed E-state index contributed by atoms with van der Waals surface area (Å²) in [7, 11) is -3.71. The van der Waals surface area contributed by atoms with Gasteiger partial charge in [0.1, 0.15) is 0 Å². The van der Waals surface area contributed by atoms with Gasteiger partial charge in [0.25, 0.3) is 15.9 Å². The van der Waals surface area contributed by atoms with Crippen molar-refractivity contribution in [2.24, 2.45) is 0 Å². The van der Waals surface area contributed by atoms with Crippen molar-refractivity contribution in [1.82, 2.24) is 5.32 Å². The Labute approximate surface area is 187 Å². The molecule has 7 nitrogen and oxygen atoms in total. The van der Waals surface area contributed by atoms with Gasteiger partial charge in [-0.25, -0.2) is 8.42 Å². The molecular weight excluding hydrogens is 426 g/mol. The Morgan fingerprint density at radius 3 is 2.03 bits per heavy atom. The maximum Gasteiger partial charge on any atom is 0.261 e. The van der Waals surface area contributed by atoms with Crippen molar-refractivity contribution >= 4 is 33.2 Å². The second-order valence-corrected chi connectivity index (χ2v) is 9.18. The molecule has 0 spiro atoms. The van der Waals surface area contributed by atoms with Gasteiger partial charge < -0.3 is 10.6 Å². The molecule has 0 aliphatic carbocycles. The average Bonchev–Trinajstić information content (AvgIpc) is 2.75. The molecule has 0 unspecified atom stereocenters. The molecule has 0 aliphatic heterocycles. The summed E-state index contributed by atoms with van der Waals surface area (Å²) in [4.78, 5) is 24.8. The molecule has 32 heavy (non-hydrogen) atoms. The lowest BCUT2D eigenvalue weighted by Crippen LogP contribution is -2.33. The van der Waals surface area contributed by atoms with Gasteiger partial charge in [-0.1, -0.05) is 35.9 Å². The van der Waals surface area contributed by atoms with Gasteiger partial charge in [-0.05, 0) is 68.3 Å². The number of sulfonamides is 1. The van der Waals surface area contributed by atoms with E-state index in [0.717, 1.165) is 22.4 Å². The zero-order valence-corrected chi connectivity index (χ0v) is 18.9. The van der Waals surface area contributed by atoms with Crippen molar-refractivity contribution in [3.8, 4) is 0 Å². The minimum atomic E-state index is -3.71. The van der Waals surface area contributed by atoms with Crippen LogP contribution in [0.15, 0.2) is 71.6 Å². The highest BCUT2D eigenvalue weighted by Gasteiger charge is 2.14. The van der Waals surface area contributed by atoms with Crippen LogP contribution in [0.1, 0.15) is 27.0 Å². The van der Waals surface area contributed by atoms with Crippen LogP contribution in [-0.4, -0.2) is 26.8 Å². The number of benzene rings is 3. The fourth-order valence-corrected chi connectivity index (χ4v) is 4.41. The number of carbonyl (C=O) groups is 2. The summed E-state index contributed by atoms with van der Waals surface area (Å²) in [5.41, 5.74) is 4.40. The predicted octanol–water partition coefficient (Wildman–Crippen LogP) is 3.78. The minimum absolute atomic E-state index is 0.145. The number of rotatable bonds is 7. The summed E-state index contributed by atoms with van der Waals surface area (Å²) < 4.78 is 27.2. The second-order valence-electron chi connectivity index (χ2n) is 7.50. The van der Waals surface area contributed by atoms with E-state index in [1.165, 1.54) is 36.4 Å². The fourth-order valence-electron chi connectivity index (χ4n) is 3.33. The molecule has 0 fully saturated rings. The summed E-state index contributed by atoms with van der Waals surface area (Å²) in [6, 6.07) is 17.9. The Bertz CT molecular complexity index is 1210. The molecule has 3 rings (SSSR count). The van der Waals surface area contributed by atoms with Gasteiger partial charge in [-0.3, -0.25) is 14.3 Å². The molecule has 2 amide bonds. The molecular formula is C24H25N3O4S. The van der Waals surface area contributed by atoms with Gasteiger partial charge in [-0.15, -0.1) is 0 Å². The largest absolute Gasteiger partial charge is 0.343 e. The van der Waals surface area contributed by atoms with Gasteiger partial charge >= 0.3 is 0 Å². The van der Waals surface area contributed by atoms with Crippen molar-refractivity contribution < 1.29 is 18.0 Å². The van der Waals surface area contributed by atoms with Crippen LogP contribution in [0.2, 0.25) is 0 Å². The molecule has 0 radical (unpaired) electrons. The molecule has 0 heterocycles. The summed E-state index contributed by atoms with van der Waals surface area (Å²) in [6.45, 7) is 5.64.